The molecule has 0 bridgehead atoms. The Labute approximate surface area is 176 Å². The van der Waals surface area contributed by atoms with Gasteiger partial charge in [0.15, 0.2) is 0 Å². The van der Waals surface area contributed by atoms with Crippen LogP contribution in [0.1, 0.15) is 0 Å². The molecule has 0 radical (unpaired) electrons. The highest BCUT2D eigenvalue weighted by atomic mass is 14.2. The summed E-state index contributed by atoms with van der Waals surface area (Å²) in [6, 6.07) is 43.8. The highest BCUT2D eigenvalue weighted by Crippen LogP contribution is 2.42. The fraction of sp³-hybridized carbons (Fsp3) is 0. The molecule has 6 rings (SSSR count). The Morgan fingerprint density at radius 3 is 1.40 bits per heavy atom. The van der Waals surface area contributed by atoms with Crippen LogP contribution in [-0.4, -0.2) is 0 Å². The molecule has 0 aliphatic carbocycles. The van der Waals surface area contributed by atoms with E-state index in [0.29, 0.717) is 0 Å². The summed E-state index contributed by atoms with van der Waals surface area (Å²) in [4.78, 5) is 0. The molecule has 0 saturated carbocycles. The smallest absolute Gasteiger partial charge is 0.00199 e. The standard InChI is InChI=1S/C30H20/c1-3-11-21(12-4-1)23-19-28(22-13-5-2-6-14-22)30-27-18-10-9-16-25(27)24-15-7-8-17-26(24)29(30)20-23/h1-20H. The Morgan fingerprint density at radius 2 is 0.767 bits per heavy atom. The molecule has 0 nitrogen and oxygen atoms in total. The van der Waals surface area contributed by atoms with Crippen LogP contribution in [0.5, 0.6) is 0 Å². The molecule has 0 unspecified atom stereocenters. The Bertz CT molecular complexity index is 1510. The van der Waals surface area contributed by atoms with E-state index in [0.717, 1.165) is 0 Å². The zero-order chi connectivity index (χ0) is 19.9. The van der Waals surface area contributed by atoms with Gasteiger partial charge in [-0.1, -0.05) is 109 Å². The summed E-state index contributed by atoms with van der Waals surface area (Å²) < 4.78 is 0. The summed E-state index contributed by atoms with van der Waals surface area (Å²) in [6.07, 6.45) is 0. The third-order valence-corrected chi connectivity index (χ3v) is 6.03. The number of rotatable bonds is 2. The summed E-state index contributed by atoms with van der Waals surface area (Å²) in [7, 11) is 0. The van der Waals surface area contributed by atoms with Gasteiger partial charge in [-0.2, -0.15) is 0 Å². The second-order valence-corrected chi connectivity index (χ2v) is 7.77. The van der Waals surface area contributed by atoms with Crippen molar-refractivity contribution in [3.05, 3.63) is 121 Å². The van der Waals surface area contributed by atoms with E-state index in [1.54, 1.807) is 0 Å². The zero-order valence-electron chi connectivity index (χ0n) is 16.5. The van der Waals surface area contributed by atoms with Crippen LogP contribution in [0.2, 0.25) is 0 Å². The lowest BCUT2D eigenvalue weighted by Crippen LogP contribution is -1.89. The van der Waals surface area contributed by atoms with Crippen molar-refractivity contribution in [2.24, 2.45) is 0 Å². The van der Waals surface area contributed by atoms with Crippen molar-refractivity contribution >= 4 is 32.3 Å². The summed E-state index contributed by atoms with van der Waals surface area (Å²) in [5.41, 5.74) is 5.03. The molecule has 0 N–H and O–H groups in total. The summed E-state index contributed by atoms with van der Waals surface area (Å²) in [6.45, 7) is 0. The second kappa shape index (κ2) is 6.86. The minimum Gasteiger partial charge on any atom is -0.0622 e. The summed E-state index contributed by atoms with van der Waals surface area (Å²) >= 11 is 0. The minimum atomic E-state index is 1.24. The van der Waals surface area contributed by atoms with Crippen molar-refractivity contribution in [2.45, 2.75) is 0 Å². The second-order valence-electron chi connectivity index (χ2n) is 7.77. The van der Waals surface area contributed by atoms with E-state index in [1.807, 2.05) is 0 Å². The van der Waals surface area contributed by atoms with E-state index in [2.05, 4.69) is 121 Å². The fourth-order valence-electron chi connectivity index (χ4n) is 4.68. The normalized spacial score (nSPS) is 11.3. The Hall–Kier alpha value is -3.90. The zero-order valence-corrected chi connectivity index (χ0v) is 16.5. The van der Waals surface area contributed by atoms with Crippen molar-refractivity contribution in [3.63, 3.8) is 0 Å². The van der Waals surface area contributed by atoms with E-state index < -0.39 is 0 Å². The van der Waals surface area contributed by atoms with E-state index >= 15 is 0 Å². The van der Waals surface area contributed by atoms with Crippen LogP contribution in [0.3, 0.4) is 0 Å². The largest absolute Gasteiger partial charge is 0.0622 e. The molecule has 0 spiro atoms. The van der Waals surface area contributed by atoms with Crippen molar-refractivity contribution in [1.82, 2.24) is 0 Å². The van der Waals surface area contributed by atoms with E-state index in [-0.39, 0.29) is 0 Å². The van der Waals surface area contributed by atoms with Crippen molar-refractivity contribution in [3.8, 4) is 22.3 Å². The van der Waals surface area contributed by atoms with E-state index in [9.17, 15) is 0 Å². The molecular weight excluding hydrogens is 360 g/mol. The van der Waals surface area contributed by atoms with Gasteiger partial charge in [-0.15, -0.1) is 0 Å². The van der Waals surface area contributed by atoms with Crippen LogP contribution in [-0.2, 0) is 0 Å². The Morgan fingerprint density at radius 1 is 0.300 bits per heavy atom. The Kier molecular flexibility index (Phi) is 3.89. The molecule has 0 amide bonds. The molecule has 6 aromatic rings. The van der Waals surface area contributed by atoms with Crippen LogP contribution in [0.15, 0.2) is 121 Å². The maximum atomic E-state index is 2.37. The number of hydrogen-bond acceptors (Lipinski definition) is 0. The summed E-state index contributed by atoms with van der Waals surface area (Å²) in [5.74, 6) is 0. The number of hydrogen-bond donors (Lipinski definition) is 0. The first-order chi connectivity index (χ1) is 14.9. The molecule has 0 fully saturated rings. The molecule has 0 aromatic heterocycles. The van der Waals surface area contributed by atoms with Crippen LogP contribution >= 0.6 is 0 Å². The highest BCUT2D eigenvalue weighted by molar-refractivity contribution is 6.29. The van der Waals surface area contributed by atoms with Crippen molar-refractivity contribution in [1.29, 1.82) is 0 Å². The third-order valence-electron chi connectivity index (χ3n) is 6.03. The molecule has 0 aliphatic rings. The van der Waals surface area contributed by atoms with Gasteiger partial charge in [0.05, 0.1) is 0 Å². The molecule has 30 heavy (non-hydrogen) atoms. The molecule has 0 heterocycles. The van der Waals surface area contributed by atoms with Gasteiger partial charge in [0.2, 0.25) is 0 Å². The van der Waals surface area contributed by atoms with Gasteiger partial charge in [-0.25, -0.2) is 0 Å². The SMILES string of the molecule is c1ccc(-c2cc(-c3ccccc3)c3c4ccccc4c4ccccc4c3c2)cc1. The maximum Gasteiger partial charge on any atom is -0.00199 e. The lowest BCUT2D eigenvalue weighted by atomic mass is 9.87. The first kappa shape index (κ1) is 17.0. The van der Waals surface area contributed by atoms with Crippen LogP contribution in [0.4, 0.5) is 0 Å². The summed E-state index contributed by atoms with van der Waals surface area (Å²) in [5, 5.41) is 7.88. The number of benzene rings is 6. The quantitative estimate of drug-likeness (QED) is 0.264. The van der Waals surface area contributed by atoms with Crippen molar-refractivity contribution < 1.29 is 0 Å². The molecule has 0 aliphatic heterocycles. The molecule has 6 aromatic carbocycles. The fourth-order valence-corrected chi connectivity index (χ4v) is 4.68. The van der Waals surface area contributed by atoms with Gasteiger partial charge >= 0.3 is 0 Å². The van der Waals surface area contributed by atoms with Gasteiger partial charge in [0.25, 0.3) is 0 Å². The topological polar surface area (TPSA) is 0 Å². The third kappa shape index (κ3) is 2.62. The average Bonchev–Trinajstić information content (AvgIpc) is 2.84. The van der Waals surface area contributed by atoms with Crippen LogP contribution in [0.25, 0.3) is 54.6 Å². The maximum absolute atomic E-state index is 2.37. The van der Waals surface area contributed by atoms with Crippen molar-refractivity contribution in [2.75, 3.05) is 0 Å². The average molecular weight is 380 g/mol. The Balaban J connectivity index is 1.87. The predicted octanol–water partition coefficient (Wildman–Crippen LogP) is 8.48. The van der Waals surface area contributed by atoms with Gasteiger partial charge in [-0.3, -0.25) is 0 Å². The van der Waals surface area contributed by atoms with Gasteiger partial charge < -0.3 is 0 Å². The van der Waals surface area contributed by atoms with Gasteiger partial charge in [-0.05, 0) is 66.7 Å². The molecule has 0 saturated heterocycles. The molecule has 0 heteroatoms. The number of fused-ring (bicyclic) bond motifs is 6. The van der Waals surface area contributed by atoms with Gasteiger partial charge in [0.1, 0.15) is 0 Å². The lowest BCUT2D eigenvalue weighted by molar-refractivity contribution is 1.63. The predicted molar refractivity (Wildman–Crippen MR) is 130 cm³/mol. The lowest BCUT2D eigenvalue weighted by Gasteiger charge is -2.16. The first-order valence-electron chi connectivity index (χ1n) is 10.4. The minimum absolute atomic E-state index is 1.24. The van der Waals surface area contributed by atoms with E-state index in [4.69, 9.17) is 0 Å². The van der Waals surface area contributed by atoms with Crippen LogP contribution < -0.4 is 0 Å². The monoisotopic (exact) mass is 380 g/mol. The van der Waals surface area contributed by atoms with Gasteiger partial charge in [0, 0.05) is 0 Å². The first-order valence-corrected chi connectivity index (χ1v) is 10.4. The van der Waals surface area contributed by atoms with Crippen LogP contribution in [0, 0.1) is 0 Å². The van der Waals surface area contributed by atoms with E-state index in [1.165, 1.54) is 54.6 Å². The molecule has 0 atom stereocenters. The molecule has 140 valence electrons. The molecular formula is C30H20. The highest BCUT2D eigenvalue weighted by Gasteiger charge is 2.14.